The molecule has 0 radical (unpaired) electrons. The van der Waals surface area contributed by atoms with E-state index in [1.165, 1.54) is 0 Å². The molecule has 1 fully saturated rings. The number of aliphatic hydroxyl groups excluding tert-OH is 1. The first kappa shape index (κ1) is 14.5. The maximum atomic E-state index is 12.1. The molecule has 0 saturated heterocycles. The van der Waals surface area contributed by atoms with Crippen LogP contribution >= 0.6 is 0 Å². The number of rotatable bonds is 3. The average Bonchev–Trinajstić information content (AvgIpc) is 2.86. The fraction of sp³-hybridized carbons (Fsp3) is 0.211. The van der Waals surface area contributed by atoms with Crippen LogP contribution in [0.1, 0.15) is 23.2 Å². The number of esters is 1. The zero-order chi connectivity index (χ0) is 15.5. The molecule has 3 nitrogen and oxygen atoms in total. The lowest BCUT2D eigenvalue weighted by molar-refractivity contribution is 0.0287. The van der Waals surface area contributed by atoms with Crippen LogP contribution in [0.25, 0.3) is 11.1 Å². The molecule has 0 aliphatic heterocycles. The van der Waals surface area contributed by atoms with Crippen molar-refractivity contribution in [1.29, 1.82) is 0 Å². The van der Waals surface area contributed by atoms with Gasteiger partial charge in [0.05, 0.1) is 11.7 Å². The third kappa shape index (κ3) is 3.10. The van der Waals surface area contributed by atoms with Crippen molar-refractivity contribution in [3.63, 3.8) is 0 Å². The summed E-state index contributed by atoms with van der Waals surface area (Å²) in [6, 6.07) is 17.3. The number of ether oxygens (including phenoxy) is 1. The Hall–Kier alpha value is -2.39. The van der Waals surface area contributed by atoms with E-state index in [2.05, 4.69) is 6.58 Å². The predicted molar refractivity (Wildman–Crippen MR) is 85.5 cm³/mol. The van der Waals surface area contributed by atoms with Crippen molar-refractivity contribution in [2.75, 3.05) is 0 Å². The smallest absolute Gasteiger partial charge is 0.338 e. The lowest BCUT2D eigenvalue weighted by atomic mass is 10.0. The molecule has 0 heterocycles. The highest BCUT2D eigenvalue weighted by Gasteiger charge is 2.29. The van der Waals surface area contributed by atoms with Gasteiger partial charge in [-0.2, -0.15) is 0 Å². The van der Waals surface area contributed by atoms with Crippen LogP contribution in [-0.2, 0) is 4.74 Å². The Kier molecular flexibility index (Phi) is 4.07. The number of carbonyl (C=O) groups is 1. The molecule has 0 unspecified atom stereocenters. The maximum Gasteiger partial charge on any atom is 0.338 e. The number of carbonyl (C=O) groups excluding carboxylic acids is 1. The second kappa shape index (κ2) is 6.16. The van der Waals surface area contributed by atoms with Crippen molar-refractivity contribution >= 4 is 5.97 Å². The third-order valence-electron chi connectivity index (χ3n) is 3.95. The van der Waals surface area contributed by atoms with E-state index < -0.39 is 6.10 Å². The summed E-state index contributed by atoms with van der Waals surface area (Å²) in [7, 11) is 0. The molecule has 1 saturated carbocycles. The van der Waals surface area contributed by atoms with Gasteiger partial charge in [-0.25, -0.2) is 4.79 Å². The molecule has 3 heteroatoms. The minimum atomic E-state index is -0.557. The van der Waals surface area contributed by atoms with Crippen LogP contribution in [0, 0.1) is 0 Å². The van der Waals surface area contributed by atoms with E-state index in [0.29, 0.717) is 18.4 Å². The molecule has 1 N–H and O–H groups in total. The van der Waals surface area contributed by atoms with Crippen LogP contribution in [0.2, 0.25) is 0 Å². The molecule has 112 valence electrons. The summed E-state index contributed by atoms with van der Waals surface area (Å²) in [5, 5.41) is 9.62. The Morgan fingerprint density at radius 2 is 1.68 bits per heavy atom. The van der Waals surface area contributed by atoms with Gasteiger partial charge in [0.25, 0.3) is 0 Å². The van der Waals surface area contributed by atoms with E-state index in [1.807, 2.05) is 42.5 Å². The molecule has 0 aromatic heterocycles. The van der Waals surface area contributed by atoms with Crippen molar-refractivity contribution in [3.05, 3.63) is 72.3 Å². The molecule has 2 atom stereocenters. The Balaban J connectivity index is 1.68. The van der Waals surface area contributed by atoms with Gasteiger partial charge in [-0.1, -0.05) is 49.0 Å². The summed E-state index contributed by atoms with van der Waals surface area (Å²) in [6.45, 7) is 3.77. The highest BCUT2D eigenvalue weighted by atomic mass is 16.5. The number of aliphatic hydroxyl groups is 1. The summed E-state index contributed by atoms with van der Waals surface area (Å²) in [5.41, 5.74) is 3.42. The second-order valence-corrected chi connectivity index (χ2v) is 5.58. The standard InChI is InChI=1S/C19H18O3/c1-13-11-17(12-18(13)20)22-19(21)16-9-7-15(8-10-16)14-5-3-2-4-6-14/h2-10,17-18,20H,1,11-12H2/t17-,18-/m1/s1. The topological polar surface area (TPSA) is 46.5 Å². The van der Waals surface area contributed by atoms with Crippen molar-refractivity contribution in [3.8, 4) is 11.1 Å². The second-order valence-electron chi connectivity index (χ2n) is 5.58. The molecule has 22 heavy (non-hydrogen) atoms. The first-order chi connectivity index (χ1) is 10.6. The molecule has 1 aliphatic rings. The minimum absolute atomic E-state index is 0.274. The van der Waals surface area contributed by atoms with E-state index in [1.54, 1.807) is 12.1 Å². The first-order valence-corrected chi connectivity index (χ1v) is 7.35. The van der Waals surface area contributed by atoms with Gasteiger partial charge in [-0.15, -0.1) is 0 Å². The monoisotopic (exact) mass is 294 g/mol. The van der Waals surface area contributed by atoms with Crippen molar-refractivity contribution in [1.82, 2.24) is 0 Å². The molecule has 0 spiro atoms. The molecule has 0 bridgehead atoms. The van der Waals surface area contributed by atoms with Crippen LogP contribution in [0.3, 0.4) is 0 Å². The lowest BCUT2D eigenvalue weighted by Gasteiger charge is -2.11. The molecule has 3 rings (SSSR count). The fourth-order valence-electron chi connectivity index (χ4n) is 2.67. The average molecular weight is 294 g/mol. The summed E-state index contributed by atoms with van der Waals surface area (Å²) in [6.07, 6.45) is 0.142. The Bertz CT molecular complexity index is 674. The van der Waals surface area contributed by atoms with E-state index in [0.717, 1.165) is 16.7 Å². The van der Waals surface area contributed by atoms with Gasteiger partial charge < -0.3 is 9.84 Å². The molecule has 1 aliphatic carbocycles. The zero-order valence-electron chi connectivity index (χ0n) is 12.2. The zero-order valence-corrected chi connectivity index (χ0v) is 12.2. The normalized spacial score (nSPS) is 20.9. The number of benzene rings is 2. The summed E-state index contributed by atoms with van der Waals surface area (Å²) in [5.74, 6) is -0.355. The number of hydrogen-bond donors (Lipinski definition) is 1. The predicted octanol–water partition coefficient (Wildman–Crippen LogP) is 3.59. The SMILES string of the molecule is C=C1C[C@@H](OC(=O)c2ccc(-c3ccccc3)cc2)C[C@H]1O. The van der Waals surface area contributed by atoms with Gasteiger partial charge in [-0.05, 0) is 28.8 Å². The van der Waals surface area contributed by atoms with Gasteiger partial charge in [0, 0.05) is 12.8 Å². The summed E-state index contributed by atoms with van der Waals surface area (Å²) in [4.78, 5) is 12.1. The van der Waals surface area contributed by atoms with Crippen molar-refractivity contribution < 1.29 is 14.6 Å². The largest absolute Gasteiger partial charge is 0.458 e. The van der Waals surface area contributed by atoms with Crippen molar-refractivity contribution in [2.45, 2.75) is 25.0 Å². The van der Waals surface area contributed by atoms with Crippen molar-refractivity contribution in [2.24, 2.45) is 0 Å². The quantitative estimate of drug-likeness (QED) is 0.695. The molecular formula is C19H18O3. The van der Waals surface area contributed by atoms with Gasteiger partial charge in [0.1, 0.15) is 6.10 Å². The van der Waals surface area contributed by atoms with Crippen LogP contribution in [-0.4, -0.2) is 23.3 Å². The third-order valence-corrected chi connectivity index (χ3v) is 3.95. The maximum absolute atomic E-state index is 12.1. The van der Waals surface area contributed by atoms with Gasteiger partial charge in [0.2, 0.25) is 0 Å². The Morgan fingerprint density at radius 3 is 2.27 bits per heavy atom. The van der Waals surface area contributed by atoms with Gasteiger partial charge in [-0.3, -0.25) is 0 Å². The van der Waals surface area contributed by atoms with Crippen LogP contribution in [0.15, 0.2) is 66.7 Å². The van der Waals surface area contributed by atoms with Crippen LogP contribution < -0.4 is 0 Å². The summed E-state index contributed by atoms with van der Waals surface area (Å²) >= 11 is 0. The first-order valence-electron chi connectivity index (χ1n) is 7.35. The molecule has 2 aromatic carbocycles. The minimum Gasteiger partial charge on any atom is -0.458 e. The highest BCUT2D eigenvalue weighted by molar-refractivity contribution is 5.90. The lowest BCUT2D eigenvalue weighted by Crippen LogP contribution is -2.16. The summed E-state index contributed by atoms with van der Waals surface area (Å²) < 4.78 is 5.42. The number of hydrogen-bond acceptors (Lipinski definition) is 3. The van der Waals surface area contributed by atoms with E-state index in [9.17, 15) is 9.90 Å². The van der Waals surface area contributed by atoms with Crippen LogP contribution in [0.5, 0.6) is 0 Å². The molecule has 0 amide bonds. The Labute approximate surface area is 129 Å². The highest BCUT2D eigenvalue weighted by Crippen LogP contribution is 2.27. The van der Waals surface area contributed by atoms with E-state index >= 15 is 0 Å². The van der Waals surface area contributed by atoms with Crippen LogP contribution in [0.4, 0.5) is 0 Å². The Morgan fingerprint density at radius 1 is 1.05 bits per heavy atom. The fourth-order valence-corrected chi connectivity index (χ4v) is 2.67. The molecular weight excluding hydrogens is 276 g/mol. The molecule has 2 aromatic rings. The van der Waals surface area contributed by atoms with E-state index in [-0.39, 0.29) is 12.1 Å². The van der Waals surface area contributed by atoms with Gasteiger partial charge in [0.15, 0.2) is 0 Å². The van der Waals surface area contributed by atoms with E-state index in [4.69, 9.17) is 4.74 Å². The van der Waals surface area contributed by atoms with Gasteiger partial charge >= 0.3 is 5.97 Å².